The van der Waals surface area contributed by atoms with E-state index in [0.717, 1.165) is 36.2 Å². The lowest BCUT2D eigenvalue weighted by atomic mass is 9.70. The van der Waals surface area contributed by atoms with Gasteiger partial charge in [0.1, 0.15) is 0 Å². The first-order valence-electron chi connectivity index (χ1n) is 10.9. The molecule has 4 nitrogen and oxygen atoms in total. The van der Waals surface area contributed by atoms with Crippen molar-refractivity contribution in [3.63, 3.8) is 0 Å². The molecule has 0 radical (unpaired) electrons. The van der Waals surface area contributed by atoms with Crippen molar-refractivity contribution in [3.8, 4) is 11.3 Å². The van der Waals surface area contributed by atoms with Gasteiger partial charge in [-0.2, -0.15) is 0 Å². The molecular formula is C23H28Cl2N4. The molecule has 154 valence electrons. The van der Waals surface area contributed by atoms with Crippen LogP contribution in [0.1, 0.15) is 44.9 Å². The SMILES string of the molecule is Clc1ccc(Cl)c(-c2ccc(N3CCC4(CC3)CCN(C3CCC3)CC4)nn2)c1. The Morgan fingerprint density at radius 2 is 1.59 bits per heavy atom. The molecule has 6 heteroatoms. The van der Waals surface area contributed by atoms with E-state index in [4.69, 9.17) is 23.2 Å². The van der Waals surface area contributed by atoms with Crippen LogP contribution in [0, 0.1) is 5.41 Å². The van der Waals surface area contributed by atoms with Gasteiger partial charge in [-0.1, -0.05) is 29.6 Å². The first-order chi connectivity index (χ1) is 14.1. The third-order valence-corrected chi connectivity index (χ3v) is 8.02. The van der Waals surface area contributed by atoms with Crippen LogP contribution in [0.15, 0.2) is 30.3 Å². The van der Waals surface area contributed by atoms with Gasteiger partial charge >= 0.3 is 0 Å². The van der Waals surface area contributed by atoms with Gasteiger partial charge in [0.05, 0.1) is 10.7 Å². The predicted molar refractivity (Wildman–Crippen MR) is 120 cm³/mol. The second kappa shape index (κ2) is 8.05. The number of aromatic nitrogens is 2. The van der Waals surface area contributed by atoms with Crippen LogP contribution >= 0.6 is 23.2 Å². The number of halogens is 2. The molecule has 2 aromatic rings. The molecule has 3 heterocycles. The second-order valence-electron chi connectivity index (χ2n) is 9.01. The molecule has 1 aromatic heterocycles. The zero-order valence-corrected chi connectivity index (χ0v) is 18.3. The molecule has 0 unspecified atom stereocenters. The Morgan fingerprint density at radius 3 is 2.21 bits per heavy atom. The molecule has 1 aliphatic carbocycles. The van der Waals surface area contributed by atoms with Gasteiger partial charge < -0.3 is 9.80 Å². The Bertz CT molecular complexity index is 848. The maximum atomic E-state index is 6.30. The molecule has 3 aliphatic rings. The van der Waals surface area contributed by atoms with Gasteiger partial charge in [-0.25, -0.2) is 0 Å². The third-order valence-electron chi connectivity index (χ3n) is 7.45. The third kappa shape index (κ3) is 3.99. The lowest BCUT2D eigenvalue weighted by molar-refractivity contribution is 0.0305. The average Bonchev–Trinajstić information content (AvgIpc) is 2.71. The zero-order chi connectivity index (χ0) is 19.8. The van der Waals surface area contributed by atoms with Crippen molar-refractivity contribution in [3.05, 3.63) is 40.4 Å². The largest absolute Gasteiger partial charge is 0.355 e. The zero-order valence-electron chi connectivity index (χ0n) is 16.8. The number of likely N-dealkylation sites (tertiary alicyclic amines) is 1. The van der Waals surface area contributed by atoms with Crippen molar-refractivity contribution < 1.29 is 0 Å². The lowest BCUT2D eigenvalue weighted by Gasteiger charge is -2.50. The van der Waals surface area contributed by atoms with Crippen molar-refractivity contribution >= 4 is 29.0 Å². The van der Waals surface area contributed by atoms with Crippen LogP contribution in [0.3, 0.4) is 0 Å². The quantitative estimate of drug-likeness (QED) is 0.626. The average molecular weight is 431 g/mol. The minimum absolute atomic E-state index is 0.554. The maximum Gasteiger partial charge on any atom is 0.151 e. The molecule has 1 saturated carbocycles. The van der Waals surface area contributed by atoms with Crippen molar-refractivity contribution in [2.24, 2.45) is 5.41 Å². The summed E-state index contributed by atoms with van der Waals surface area (Å²) in [7, 11) is 0. The summed E-state index contributed by atoms with van der Waals surface area (Å²) in [5.41, 5.74) is 2.14. The number of hydrogen-bond acceptors (Lipinski definition) is 4. The molecule has 0 bridgehead atoms. The van der Waals surface area contributed by atoms with Gasteiger partial charge in [0, 0.05) is 29.7 Å². The highest BCUT2D eigenvalue weighted by atomic mass is 35.5. The standard InChI is InChI=1S/C23H28Cl2N4/c24-17-4-5-20(25)19(16-17)21-6-7-22(27-26-21)29-14-10-23(11-15-29)8-12-28(13-9-23)18-2-1-3-18/h4-7,16,18H,1-3,8-15H2. The predicted octanol–water partition coefficient (Wildman–Crippen LogP) is 5.69. The highest BCUT2D eigenvalue weighted by molar-refractivity contribution is 6.35. The van der Waals surface area contributed by atoms with Crippen LogP contribution in [-0.2, 0) is 0 Å². The number of piperidine rings is 2. The Morgan fingerprint density at radius 1 is 0.862 bits per heavy atom. The molecule has 1 aromatic carbocycles. The molecule has 2 aliphatic heterocycles. The Labute approximate surface area is 183 Å². The molecule has 0 atom stereocenters. The van der Waals surface area contributed by atoms with Crippen LogP contribution in [0.2, 0.25) is 10.0 Å². The number of rotatable bonds is 3. The van der Waals surface area contributed by atoms with E-state index >= 15 is 0 Å². The minimum Gasteiger partial charge on any atom is -0.355 e. The van der Waals surface area contributed by atoms with Crippen molar-refractivity contribution in [2.45, 2.75) is 51.0 Å². The summed E-state index contributed by atoms with van der Waals surface area (Å²) < 4.78 is 0. The van der Waals surface area contributed by atoms with Gasteiger partial charge in [-0.15, -0.1) is 10.2 Å². The van der Waals surface area contributed by atoms with E-state index in [1.165, 1.54) is 58.0 Å². The Balaban J connectivity index is 1.20. The Kier molecular flexibility index (Phi) is 5.44. The van der Waals surface area contributed by atoms with Crippen LogP contribution in [0.25, 0.3) is 11.3 Å². The van der Waals surface area contributed by atoms with E-state index in [0.29, 0.717) is 15.5 Å². The molecule has 0 N–H and O–H groups in total. The fraction of sp³-hybridized carbons (Fsp3) is 0.565. The van der Waals surface area contributed by atoms with Gasteiger partial charge in [-0.05, 0) is 87.4 Å². The van der Waals surface area contributed by atoms with Crippen molar-refractivity contribution in [2.75, 3.05) is 31.1 Å². The summed E-state index contributed by atoms with van der Waals surface area (Å²) in [5.74, 6) is 0.966. The molecule has 29 heavy (non-hydrogen) atoms. The van der Waals surface area contributed by atoms with Crippen molar-refractivity contribution in [1.29, 1.82) is 0 Å². The smallest absolute Gasteiger partial charge is 0.151 e. The normalized spacial score (nSPS) is 22.6. The van der Waals surface area contributed by atoms with Gasteiger partial charge in [0.15, 0.2) is 5.82 Å². The maximum absolute atomic E-state index is 6.30. The molecular weight excluding hydrogens is 403 g/mol. The number of anilines is 1. The number of benzene rings is 1. The highest BCUT2D eigenvalue weighted by Gasteiger charge is 2.39. The van der Waals surface area contributed by atoms with Gasteiger partial charge in [0.2, 0.25) is 0 Å². The van der Waals surface area contributed by atoms with E-state index < -0.39 is 0 Å². The first-order valence-corrected chi connectivity index (χ1v) is 11.7. The van der Waals surface area contributed by atoms with Gasteiger partial charge in [0.25, 0.3) is 0 Å². The molecule has 1 spiro atoms. The van der Waals surface area contributed by atoms with Crippen LogP contribution < -0.4 is 4.90 Å². The monoisotopic (exact) mass is 430 g/mol. The summed E-state index contributed by atoms with van der Waals surface area (Å²) in [6.07, 6.45) is 9.57. The molecule has 5 rings (SSSR count). The number of nitrogens with zero attached hydrogens (tertiary/aromatic N) is 4. The second-order valence-corrected chi connectivity index (χ2v) is 9.85. The van der Waals surface area contributed by atoms with E-state index in [2.05, 4.69) is 26.1 Å². The fourth-order valence-electron chi connectivity index (χ4n) is 5.16. The van der Waals surface area contributed by atoms with Crippen molar-refractivity contribution in [1.82, 2.24) is 15.1 Å². The Hall–Kier alpha value is -1.36. The van der Waals surface area contributed by atoms with E-state index in [1.54, 1.807) is 12.1 Å². The highest BCUT2D eigenvalue weighted by Crippen LogP contribution is 2.43. The van der Waals surface area contributed by atoms with Crippen LogP contribution in [0.4, 0.5) is 5.82 Å². The summed E-state index contributed by atoms with van der Waals surface area (Å²) in [6.45, 7) is 4.77. The summed E-state index contributed by atoms with van der Waals surface area (Å²) in [4.78, 5) is 5.15. The summed E-state index contributed by atoms with van der Waals surface area (Å²) in [5, 5.41) is 10.2. The summed E-state index contributed by atoms with van der Waals surface area (Å²) in [6, 6.07) is 10.4. The fourth-order valence-corrected chi connectivity index (χ4v) is 5.54. The van der Waals surface area contributed by atoms with E-state index in [-0.39, 0.29) is 0 Å². The molecule has 0 amide bonds. The van der Waals surface area contributed by atoms with Crippen LogP contribution in [0.5, 0.6) is 0 Å². The summed E-state index contributed by atoms with van der Waals surface area (Å²) >= 11 is 12.4. The topological polar surface area (TPSA) is 32.3 Å². The lowest BCUT2D eigenvalue weighted by Crippen LogP contribution is -2.51. The van der Waals surface area contributed by atoms with Gasteiger partial charge in [-0.3, -0.25) is 0 Å². The first kappa shape index (κ1) is 19.6. The van der Waals surface area contributed by atoms with E-state index in [1.807, 2.05) is 12.1 Å². The minimum atomic E-state index is 0.554. The van der Waals surface area contributed by atoms with Crippen LogP contribution in [-0.4, -0.2) is 47.3 Å². The van der Waals surface area contributed by atoms with E-state index in [9.17, 15) is 0 Å². The molecule has 3 fully saturated rings. The molecule has 2 saturated heterocycles. The number of hydrogen-bond donors (Lipinski definition) is 0.